The highest BCUT2D eigenvalue weighted by atomic mass is 35.5. The number of nitrogen functional groups attached to an aromatic ring is 1. The highest BCUT2D eigenvalue weighted by Crippen LogP contribution is 2.06. The van der Waals surface area contributed by atoms with Gasteiger partial charge in [-0.05, 0) is 48.2 Å². The van der Waals surface area contributed by atoms with Crippen LogP contribution in [-0.4, -0.2) is 24.5 Å². The van der Waals surface area contributed by atoms with Crippen LogP contribution in [0.5, 0.6) is 0 Å². The van der Waals surface area contributed by atoms with E-state index in [4.69, 9.17) is 5.73 Å². The van der Waals surface area contributed by atoms with E-state index in [0.717, 1.165) is 17.5 Å². The van der Waals surface area contributed by atoms with E-state index in [1.165, 1.54) is 12.1 Å². The van der Waals surface area contributed by atoms with E-state index < -0.39 is 12.1 Å². The molecule has 0 heterocycles. The molecule has 1 atom stereocenters. The predicted molar refractivity (Wildman–Crippen MR) is 115 cm³/mol. The molecule has 0 radical (unpaired) electrons. The summed E-state index contributed by atoms with van der Waals surface area (Å²) in [5, 5.41) is 8.25. The zero-order valence-corrected chi connectivity index (χ0v) is 17.2. The Bertz CT molecular complexity index is 769. The number of hydrogen-bond acceptors (Lipinski definition) is 3. The second-order valence-electron chi connectivity index (χ2n) is 6.58. The van der Waals surface area contributed by atoms with Gasteiger partial charge in [0.15, 0.2) is 0 Å². The first-order valence-corrected chi connectivity index (χ1v) is 9.39. The van der Waals surface area contributed by atoms with Crippen LogP contribution in [-0.2, 0) is 17.8 Å². The number of urea groups is 1. The molecule has 8 heteroatoms. The molecule has 2 aromatic carbocycles. The third kappa shape index (κ3) is 8.83. The fourth-order valence-electron chi connectivity index (χ4n) is 2.69. The molecule has 0 spiro atoms. The second-order valence-corrected chi connectivity index (χ2v) is 6.58. The van der Waals surface area contributed by atoms with Crippen LogP contribution in [0.15, 0.2) is 48.5 Å². The number of amides is 3. The maximum Gasteiger partial charge on any atom is 0.315 e. The Hall–Kier alpha value is -2.80. The molecule has 29 heavy (non-hydrogen) atoms. The number of carbonyl (C=O) groups is 2. The molecule has 5 N–H and O–H groups in total. The zero-order valence-electron chi connectivity index (χ0n) is 16.4. The standard InChI is InChI=1S/C21H27FN4O2.ClH/c1-2-3-19(20(27)24-13-12-15-6-10-18(23)11-7-15)26-21(28)25-14-16-4-8-17(22)9-5-16;/h4-11,19H,2-3,12-14,23H2,1H3,(H,24,27)(H2,25,26,28);1H. The lowest BCUT2D eigenvalue weighted by Crippen LogP contribution is -2.50. The summed E-state index contributed by atoms with van der Waals surface area (Å²) < 4.78 is 12.9. The summed E-state index contributed by atoms with van der Waals surface area (Å²) in [6.45, 7) is 2.68. The van der Waals surface area contributed by atoms with Crippen molar-refractivity contribution in [2.75, 3.05) is 12.3 Å². The van der Waals surface area contributed by atoms with Gasteiger partial charge in [-0.2, -0.15) is 0 Å². The monoisotopic (exact) mass is 422 g/mol. The second kappa shape index (κ2) is 12.6. The fraction of sp³-hybridized carbons (Fsp3) is 0.333. The highest BCUT2D eigenvalue weighted by Gasteiger charge is 2.19. The molecule has 0 aliphatic carbocycles. The average Bonchev–Trinajstić information content (AvgIpc) is 2.68. The Labute approximate surface area is 176 Å². The number of hydrogen-bond donors (Lipinski definition) is 4. The smallest absolute Gasteiger partial charge is 0.315 e. The van der Waals surface area contributed by atoms with Crippen LogP contribution in [0.4, 0.5) is 14.9 Å². The molecule has 6 nitrogen and oxygen atoms in total. The van der Waals surface area contributed by atoms with Crippen molar-refractivity contribution in [3.8, 4) is 0 Å². The van der Waals surface area contributed by atoms with Gasteiger partial charge in [0.25, 0.3) is 0 Å². The van der Waals surface area contributed by atoms with Gasteiger partial charge in [0.05, 0.1) is 0 Å². The highest BCUT2D eigenvalue weighted by molar-refractivity contribution is 5.87. The third-order valence-corrected chi connectivity index (χ3v) is 4.26. The maximum atomic E-state index is 12.9. The van der Waals surface area contributed by atoms with Crippen molar-refractivity contribution in [3.05, 3.63) is 65.5 Å². The van der Waals surface area contributed by atoms with E-state index in [-0.39, 0.29) is 30.7 Å². The van der Waals surface area contributed by atoms with Crippen LogP contribution in [0.1, 0.15) is 30.9 Å². The van der Waals surface area contributed by atoms with Crippen molar-refractivity contribution in [2.45, 2.75) is 38.8 Å². The van der Waals surface area contributed by atoms with Crippen molar-refractivity contribution in [1.29, 1.82) is 0 Å². The molecule has 3 amide bonds. The average molecular weight is 423 g/mol. The van der Waals surface area contributed by atoms with E-state index in [1.807, 2.05) is 31.2 Å². The number of nitrogens with two attached hydrogens (primary N) is 1. The van der Waals surface area contributed by atoms with E-state index in [2.05, 4.69) is 16.0 Å². The molecule has 0 aliphatic heterocycles. The number of carbonyl (C=O) groups excluding carboxylic acids is 2. The first-order chi connectivity index (χ1) is 13.5. The minimum Gasteiger partial charge on any atom is -0.399 e. The summed E-state index contributed by atoms with van der Waals surface area (Å²) in [5.41, 5.74) is 8.21. The van der Waals surface area contributed by atoms with Crippen molar-refractivity contribution in [2.24, 2.45) is 0 Å². The van der Waals surface area contributed by atoms with E-state index in [9.17, 15) is 14.0 Å². The SMILES string of the molecule is CCCC(NC(=O)NCc1ccc(F)cc1)C(=O)NCCc1ccc(N)cc1.Cl. The van der Waals surface area contributed by atoms with Gasteiger partial charge in [-0.1, -0.05) is 37.6 Å². The first-order valence-electron chi connectivity index (χ1n) is 9.39. The lowest BCUT2D eigenvalue weighted by Gasteiger charge is -2.18. The predicted octanol–water partition coefficient (Wildman–Crippen LogP) is 3.16. The Balaban J connectivity index is 0.00000420. The summed E-state index contributed by atoms with van der Waals surface area (Å²) in [6.07, 6.45) is 1.98. The Kier molecular flexibility index (Phi) is 10.5. The number of nitrogens with one attached hydrogen (secondary N) is 3. The lowest BCUT2D eigenvalue weighted by atomic mass is 10.1. The molecule has 0 fully saturated rings. The lowest BCUT2D eigenvalue weighted by molar-refractivity contribution is -0.123. The van der Waals surface area contributed by atoms with Crippen molar-refractivity contribution in [1.82, 2.24) is 16.0 Å². The topological polar surface area (TPSA) is 96.2 Å². The number of halogens is 2. The molecule has 0 saturated carbocycles. The van der Waals surface area contributed by atoms with Crippen LogP contribution < -0.4 is 21.7 Å². The van der Waals surface area contributed by atoms with Gasteiger partial charge < -0.3 is 21.7 Å². The fourth-order valence-corrected chi connectivity index (χ4v) is 2.69. The zero-order chi connectivity index (χ0) is 20.4. The Morgan fingerprint density at radius 2 is 1.62 bits per heavy atom. The van der Waals surface area contributed by atoms with E-state index in [0.29, 0.717) is 25.1 Å². The Morgan fingerprint density at radius 1 is 1.00 bits per heavy atom. The van der Waals surface area contributed by atoms with Crippen molar-refractivity contribution in [3.63, 3.8) is 0 Å². The molecule has 158 valence electrons. The maximum absolute atomic E-state index is 12.9. The molecule has 0 aromatic heterocycles. The van der Waals surface area contributed by atoms with E-state index >= 15 is 0 Å². The van der Waals surface area contributed by atoms with Crippen LogP contribution in [0.2, 0.25) is 0 Å². The van der Waals surface area contributed by atoms with Gasteiger partial charge in [0.1, 0.15) is 11.9 Å². The summed E-state index contributed by atoms with van der Waals surface area (Å²) in [6, 6.07) is 12.3. The molecule has 1 unspecified atom stereocenters. The van der Waals surface area contributed by atoms with Gasteiger partial charge in [0.2, 0.25) is 5.91 Å². The normalized spacial score (nSPS) is 11.1. The van der Waals surface area contributed by atoms with Gasteiger partial charge in [0, 0.05) is 18.8 Å². The quantitative estimate of drug-likeness (QED) is 0.467. The molecule has 0 saturated heterocycles. The van der Waals surface area contributed by atoms with Crippen LogP contribution in [0.3, 0.4) is 0 Å². The summed E-state index contributed by atoms with van der Waals surface area (Å²) in [5.74, 6) is -0.541. The number of anilines is 1. The summed E-state index contributed by atoms with van der Waals surface area (Å²) >= 11 is 0. The molecular formula is C21H28ClFN4O2. The van der Waals surface area contributed by atoms with Crippen LogP contribution in [0, 0.1) is 5.82 Å². The van der Waals surface area contributed by atoms with Gasteiger partial charge in [-0.3, -0.25) is 4.79 Å². The molecular weight excluding hydrogens is 395 g/mol. The third-order valence-electron chi connectivity index (χ3n) is 4.26. The van der Waals surface area contributed by atoms with Crippen LogP contribution >= 0.6 is 12.4 Å². The Morgan fingerprint density at radius 3 is 2.24 bits per heavy atom. The number of benzene rings is 2. The molecule has 0 aliphatic rings. The van der Waals surface area contributed by atoms with Gasteiger partial charge in [-0.25, -0.2) is 9.18 Å². The molecule has 2 aromatic rings. The van der Waals surface area contributed by atoms with Gasteiger partial charge in [-0.15, -0.1) is 12.4 Å². The minimum atomic E-state index is -0.607. The van der Waals surface area contributed by atoms with Crippen molar-refractivity contribution < 1.29 is 14.0 Å². The number of rotatable bonds is 9. The minimum absolute atomic E-state index is 0. The molecule has 2 rings (SSSR count). The van der Waals surface area contributed by atoms with Gasteiger partial charge >= 0.3 is 6.03 Å². The largest absolute Gasteiger partial charge is 0.399 e. The summed E-state index contributed by atoms with van der Waals surface area (Å²) in [4.78, 5) is 24.5. The summed E-state index contributed by atoms with van der Waals surface area (Å²) in [7, 11) is 0. The molecule has 0 bridgehead atoms. The van der Waals surface area contributed by atoms with Crippen molar-refractivity contribution >= 4 is 30.0 Å². The van der Waals surface area contributed by atoms with Crippen LogP contribution in [0.25, 0.3) is 0 Å². The van der Waals surface area contributed by atoms with E-state index in [1.54, 1.807) is 12.1 Å². The first kappa shape index (κ1) is 24.2.